The molecule has 216 valence electrons. The molecule has 3 aliphatic rings. The van der Waals surface area contributed by atoms with Gasteiger partial charge in [-0.15, -0.1) is 0 Å². The lowest BCUT2D eigenvalue weighted by Gasteiger charge is -2.34. The Bertz CT molecular complexity index is 1690. The van der Waals surface area contributed by atoms with Crippen molar-refractivity contribution in [3.05, 3.63) is 87.6 Å². The number of piperidine rings is 1. The van der Waals surface area contributed by atoms with E-state index in [2.05, 4.69) is 49.8 Å². The molecule has 2 fully saturated rings. The van der Waals surface area contributed by atoms with Crippen molar-refractivity contribution >= 4 is 34.8 Å². The van der Waals surface area contributed by atoms with Crippen LogP contribution in [0.25, 0.3) is 17.2 Å². The molecule has 6 heterocycles. The normalized spacial score (nSPS) is 20.7. The van der Waals surface area contributed by atoms with Gasteiger partial charge in [-0.05, 0) is 80.6 Å². The number of halogens is 1. The average molecular weight is 586 g/mol. The number of rotatable bonds is 7. The van der Waals surface area contributed by atoms with Gasteiger partial charge in [0.05, 0.1) is 29.9 Å². The maximum absolute atomic E-state index is 11.6. The minimum atomic E-state index is -1.04. The molecule has 0 saturated carbocycles. The fourth-order valence-corrected chi connectivity index (χ4v) is 6.44. The monoisotopic (exact) mass is 585 g/mol. The molecule has 2 saturated heterocycles. The second-order valence-corrected chi connectivity index (χ2v) is 11.8. The number of benzene rings is 1. The maximum Gasteiger partial charge on any atom is 0.354 e. The fourth-order valence-electron chi connectivity index (χ4n) is 6.23. The number of carboxylic acids is 1. The lowest BCUT2D eigenvalue weighted by molar-refractivity contribution is -0.0593. The Balaban J connectivity index is 1.08. The molecule has 3 aromatic heterocycles. The molecule has 0 bridgehead atoms. The van der Waals surface area contributed by atoms with Crippen LogP contribution in [0, 0.1) is 6.92 Å². The van der Waals surface area contributed by atoms with Crippen LogP contribution in [0.15, 0.2) is 48.7 Å². The Morgan fingerprint density at radius 1 is 1.14 bits per heavy atom. The van der Waals surface area contributed by atoms with Crippen LogP contribution in [0.2, 0.25) is 5.02 Å². The molecule has 0 radical (unpaired) electrons. The van der Waals surface area contributed by atoms with E-state index in [1.807, 2.05) is 13.0 Å². The van der Waals surface area contributed by atoms with Crippen LogP contribution in [0.3, 0.4) is 0 Å². The van der Waals surface area contributed by atoms with Crippen LogP contribution in [0.5, 0.6) is 5.75 Å². The smallest absolute Gasteiger partial charge is 0.354 e. The number of para-hydroxylation sites is 1. The quantitative estimate of drug-likeness (QED) is 0.290. The third-order valence-corrected chi connectivity index (χ3v) is 8.80. The molecule has 2 atom stereocenters. The van der Waals surface area contributed by atoms with Crippen molar-refractivity contribution < 1.29 is 19.4 Å². The average Bonchev–Trinajstić information content (AvgIpc) is 3.30. The van der Waals surface area contributed by atoms with E-state index in [-0.39, 0.29) is 17.9 Å². The first kappa shape index (κ1) is 27.1. The first-order valence-electron chi connectivity index (χ1n) is 14.5. The Labute approximate surface area is 248 Å². The molecule has 0 spiro atoms. The zero-order chi connectivity index (χ0) is 28.8. The molecule has 0 unspecified atom stereocenters. The van der Waals surface area contributed by atoms with Gasteiger partial charge in [0.25, 0.3) is 0 Å². The molecule has 7 rings (SSSR count). The van der Waals surface area contributed by atoms with Crippen LogP contribution in [-0.4, -0.2) is 61.3 Å². The zero-order valence-corrected chi connectivity index (χ0v) is 24.1. The van der Waals surface area contributed by atoms with E-state index in [1.54, 1.807) is 12.3 Å². The Kier molecular flexibility index (Phi) is 7.17. The number of ether oxygens (including phenoxy) is 2. The van der Waals surface area contributed by atoms with Gasteiger partial charge < -0.3 is 19.1 Å². The van der Waals surface area contributed by atoms with E-state index >= 15 is 0 Å². The summed E-state index contributed by atoms with van der Waals surface area (Å²) < 4.78 is 14.3. The van der Waals surface area contributed by atoms with Gasteiger partial charge in [-0.2, -0.15) is 0 Å². The number of carboxylic acid groups (broad SMARTS) is 1. The van der Waals surface area contributed by atoms with Gasteiger partial charge in [0.15, 0.2) is 17.4 Å². The summed E-state index contributed by atoms with van der Waals surface area (Å²) in [6.45, 7) is 5.91. The Morgan fingerprint density at radius 3 is 2.71 bits per heavy atom. The number of carbonyl (C=O) groups is 1. The van der Waals surface area contributed by atoms with Crippen LogP contribution >= 0.6 is 11.6 Å². The van der Waals surface area contributed by atoms with Crippen LogP contribution in [-0.2, 0) is 17.8 Å². The lowest BCUT2D eigenvalue weighted by Crippen LogP contribution is -2.35. The van der Waals surface area contributed by atoms with Gasteiger partial charge in [-0.25, -0.2) is 14.8 Å². The third kappa shape index (κ3) is 5.17. The topological polar surface area (TPSA) is 103 Å². The minimum Gasteiger partial charge on any atom is -0.479 e. The highest BCUT2D eigenvalue weighted by molar-refractivity contribution is 6.30. The number of hydrogen-bond donors (Lipinski definition) is 1. The number of fused-ring (bicyclic) bond motifs is 2. The van der Waals surface area contributed by atoms with Crippen molar-refractivity contribution in [2.75, 3.05) is 19.7 Å². The number of nitrogens with zero attached hydrogens (tertiary/aromatic N) is 5. The summed E-state index contributed by atoms with van der Waals surface area (Å²) in [5.41, 5.74) is 5.58. The molecule has 42 heavy (non-hydrogen) atoms. The van der Waals surface area contributed by atoms with Crippen LogP contribution in [0.4, 0.5) is 0 Å². The van der Waals surface area contributed by atoms with E-state index in [9.17, 15) is 9.90 Å². The third-order valence-electron chi connectivity index (χ3n) is 8.59. The minimum absolute atomic E-state index is 0.0260. The number of likely N-dealkylation sites (tertiary alicyclic amines) is 1. The molecule has 1 N–H and O–H groups in total. The number of aromatic carboxylic acids is 1. The molecular weight excluding hydrogens is 554 g/mol. The highest BCUT2D eigenvalue weighted by Gasteiger charge is 2.29. The number of imidazole rings is 1. The van der Waals surface area contributed by atoms with Crippen molar-refractivity contribution in [1.82, 2.24) is 24.4 Å². The molecule has 9 nitrogen and oxygen atoms in total. The first-order chi connectivity index (χ1) is 20.4. The molecule has 0 amide bonds. The molecule has 0 aliphatic carbocycles. The van der Waals surface area contributed by atoms with Gasteiger partial charge in [-0.1, -0.05) is 35.9 Å². The van der Waals surface area contributed by atoms with Crippen molar-refractivity contribution in [2.24, 2.45) is 0 Å². The summed E-state index contributed by atoms with van der Waals surface area (Å²) in [7, 11) is 0. The summed E-state index contributed by atoms with van der Waals surface area (Å²) >= 11 is 6.14. The van der Waals surface area contributed by atoms with E-state index in [0.717, 1.165) is 67.4 Å². The van der Waals surface area contributed by atoms with Crippen molar-refractivity contribution in [2.45, 2.75) is 57.4 Å². The van der Waals surface area contributed by atoms with Crippen molar-refractivity contribution in [3.8, 4) is 5.75 Å². The summed E-state index contributed by atoms with van der Waals surface area (Å²) in [5, 5.41) is 10.1. The Hall–Kier alpha value is -3.79. The summed E-state index contributed by atoms with van der Waals surface area (Å²) in [5.74, 6) is 1.18. The predicted octanol–water partition coefficient (Wildman–Crippen LogP) is 5.80. The highest BCUT2D eigenvalue weighted by atomic mass is 35.5. The van der Waals surface area contributed by atoms with E-state index < -0.39 is 5.97 Å². The van der Waals surface area contributed by atoms with Crippen molar-refractivity contribution in [3.63, 3.8) is 0 Å². The van der Waals surface area contributed by atoms with E-state index in [4.69, 9.17) is 26.1 Å². The van der Waals surface area contributed by atoms with Crippen LogP contribution < -0.4 is 4.74 Å². The van der Waals surface area contributed by atoms with Gasteiger partial charge >= 0.3 is 5.97 Å². The first-order valence-corrected chi connectivity index (χ1v) is 14.8. The second-order valence-electron chi connectivity index (χ2n) is 11.3. The summed E-state index contributed by atoms with van der Waals surface area (Å²) in [6, 6.07) is 11.6. The van der Waals surface area contributed by atoms with Gasteiger partial charge in [0.1, 0.15) is 17.1 Å². The maximum atomic E-state index is 11.6. The van der Waals surface area contributed by atoms with Crippen molar-refractivity contribution in [1.29, 1.82) is 0 Å². The lowest BCUT2D eigenvalue weighted by atomic mass is 9.87. The van der Waals surface area contributed by atoms with Gasteiger partial charge in [0, 0.05) is 18.4 Å². The molecular formula is C32H32ClN5O4. The number of pyridine rings is 2. The number of hydrogen-bond acceptors (Lipinski definition) is 7. The second kappa shape index (κ2) is 11.1. The van der Waals surface area contributed by atoms with E-state index in [0.29, 0.717) is 35.2 Å². The van der Waals surface area contributed by atoms with Gasteiger partial charge in [-0.3, -0.25) is 9.88 Å². The zero-order valence-electron chi connectivity index (χ0n) is 23.4. The SMILES string of the molecule is Cc1cc(Cl)cnc1[C@H]1C=Cc2cccc(C3CCN(Cc4nc5ccc(C(=O)O)nc5n4C[C@@H]4CCO4)CC3)c2O1. The molecule has 3 aliphatic heterocycles. The molecule has 4 aromatic rings. The number of aromatic nitrogens is 4. The van der Waals surface area contributed by atoms with Gasteiger partial charge in [0.2, 0.25) is 0 Å². The van der Waals surface area contributed by atoms with E-state index in [1.165, 1.54) is 11.6 Å². The summed E-state index contributed by atoms with van der Waals surface area (Å²) in [4.78, 5) is 27.9. The predicted molar refractivity (Wildman–Crippen MR) is 159 cm³/mol. The standard InChI is InChI=1S/C32H32ClN5O4/c1-19-15-22(33)16-34-29(19)27-8-5-21-3-2-4-24(30(21)42-27)20-9-12-37(13-10-20)18-28-35-25-6-7-26(32(39)40)36-31(25)38(28)17-23-11-14-41-23/h2-8,15-16,20,23,27H,9-14,17-18H2,1H3,(H,39,40)/t23-,27+/m0/s1. The largest absolute Gasteiger partial charge is 0.479 e. The molecule has 1 aromatic carbocycles. The van der Waals surface area contributed by atoms with Crippen LogP contribution in [0.1, 0.15) is 70.0 Å². The Morgan fingerprint density at radius 2 is 1.98 bits per heavy atom. The number of aryl methyl sites for hydroxylation is 1. The molecule has 10 heteroatoms. The highest BCUT2D eigenvalue weighted by Crippen LogP contribution is 2.42. The fraction of sp³-hybridized carbons (Fsp3) is 0.375. The summed E-state index contributed by atoms with van der Waals surface area (Å²) in [6.07, 6.45) is 8.71.